The smallest absolute Gasteiger partial charge is 0.220 e. The maximum atomic E-state index is 13.4. The van der Waals surface area contributed by atoms with E-state index in [4.69, 9.17) is 28.4 Å². The molecule has 19 heteroatoms. The van der Waals surface area contributed by atoms with E-state index in [1.807, 2.05) is 6.08 Å². The van der Waals surface area contributed by atoms with Crippen LogP contribution in [0.15, 0.2) is 122 Å². The minimum Gasteiger partial charge on any atom is -0.394 e. The van der Waals surface area contributed by atoms with Gasteiger partial charge in [-0.25, -0.2) is 0 Å². The molecule has 97 heavy (non-hydrogen) atoms. The van der Waals surface area contributed by atoms with Gasteiger partial charge >= 0.3 is 0 Å². The highest BCUT2D eigenvalue weighted by Crippen LogP contribution is 2.33. The number of ether oxygens (including phenoxy) is 6. The van der Waals surface area contributed by atoms with E-state index in [2.05, 4.69) is 129 Å². The van der Waals surface area contributed by atoms with Gasteiger partial charge in [0.05, 0.1) is 38.6 Å². The van der Waals surface area contributed by atoms with Crippen LogP contribution in [0.5, 0.6) is 0 Å². The van der Waals surface area contributed by atoms with Gasteiger partial charge in [-0.1, -0.05) is 251 Å². The lowest BCUT2D eigenvalue weighted by molar-refractivity contribution is -0.379. The van der Waals surface area contributed by atoms with E-state index in [1.165, 1.54) is 109 Å². The first-order chi connectivity index (χ1) is 47.3. The molecule has 3 rings (SSSR count). The van der Waals surface area contributed by atoms with Gasteiger partial charge in [0.2, 0.25) is 5.91 Å². The van der Waals surface area contributed by atoms with E-state index in [0.717, 1.165) is 89.9 Å². The third kappa shape index (κ3) is 38.7. The molecule has 1 amide bonds. The van der Waals surface area contributed by atoms with E-state index in [0.29, 0.717) is 12.8 Å². The lowest BCUT2D eigenvalue weighted by Crippen LogP contribution is -2.66. The summed E-state index contributed by atoms with van der Waals surface area (Å²) in [6.45, 7) is 1.55. The fraction of sp³-hybridized carbons (Fsp3) is 0.731. The number of rotatable bonds is 56. The van der Waals surface area contributed by atoms with Crippen LogP contribution in [0, 0.1) is 0 Å². The number of allylic oxidation sites excluding steroid dienone is 19. The van der Waals surface area contributed by atoms with Crippen molar-refractivity contribution in [2.24, 2.45) is 0 Å². The fourth-order valence-corrected chi connectivity index (χ4v) is 11.8. The number of aliphatic hydroxyl groups is 11. The summed E-state index contributed by atoms with van der Waals surface area (Å²) in [6, 6.07) is -0.994. The van der Waals surface area contributed by atoms with E-state index in [1.54, 1.807) is 6.08 Å². The molecule has 0 spiro atoms. The number of amides is 1. The molecule has 0 aromatic heterocycles. The van der Waals surface area contributed by atoms with Crippen LogP contribution in [0.1, 0.15) is 232 Å². The van der Waals surface area contributed by atoms with Gasteiger partial charge in [-0.05, 0) is 96.3 Å². The Morgan fingerprint density at radius 2 is 0.722 bits per heavy atom. The van der Waals surface area contributed by atoms with E-state index in [9.17, 15) is 61.0 Å². The minimum absolute atomic E-state index is 0.230. The highest BCUT2D eigenvalue weighted by Gasteiger charge is 2.53. The summed E-state index contributed by atoms with van der Waals surface area (Å²) in [7, 11) is 0. The fourth-order valence-electron chi connectivity index (χ4n) is 11.8. The van der Waals surface area contributed by atoms with Crippen LogP contribution in [0.2, 0.25) is 0 Å². The summed E-state index contributed by atoms with van der Waals surface area (Å²) in [4.78, 5) is 13.4. The van der Waals surface area contributed by atoms with Gasteiger partial charge in [0.25, 0.3) is 0 Å². The molecule has 17 unspecified atom stereocenters. The van der Waals surface area contributed by atoms with E-state index in [-0.39, 0.29) is 18.9 Å². The topological polar surface area (TPSA) is 307 Å². The van der Waals surface area contributed by atoms with Crippen LogP contribution < -0.4 is 5.32 Å². The lowest BCUT2D eigenvalue weighted by atomic mass is 9.96. The zero-order chi connectivity index (χ0) is 70.4. The molecule has 0 radical (unpaired) electrons. The van der Waals surface area contributed by atoms with Crippen LogP contribution in [-0.4, -0.2) is 193 Å². The Morgan fingerprint density at radius 1 is 0.381 bits per heavy atom. The van der Waals surface area contributed by atoms with Gasteiger partial charge in [-0.15, -0.1) is 0 Å². The number of unbranched alkanes of at least 4 members (excludes halogenated alkanes) is 22. The van der Waals surface area contributed by atoms with Gasteiger partial charge in [0.1, 0.15) is 73.2 Å². The van der Waals surface area contributed by atoms with Crippen molar-refractivity contribution in [2.75, 3.05) is 26.4 Å². The second-order valence-electron chi connectivity index (χ2n) is 26.0. The maximum absolute atomic E-state index is 13.4. The molecule has 3 aliphatic rings. The summed E-state index contributed by atoms with van der Waals surface area (Å²) in [6.07, 6.45) is 53.6. The van der Waals surface area contributed by atoms with Gasteiger partial charge in [0, 0.05) is 6.42 Å². The first-order valence-electron chi connectivity index (χ1n) is 37.3. The van der Waals surface area contributed by atoms with Crippen molar-refractivity contribution in [3.63, 3.8) is 0 Å². The van der Waals surface area contributed by atoms with E-state index < -0.39 is 124 Å². The third-order valence-electron chi connectivity index (χ3n) is 17.7. The number of aliphatic hydroxyl groups excluding tert-OH is 11. The molecule has 0 aliphatic carbocycles. The number of hydrogen-bond donors (Lipinski definition) is 12. The second kappa shape index (κ2) is 57.8. The summed E-state index contributed by atoms with van der Waals surface area (Å²) < 4.78 is 34.3. The van der Waals surface area contributed by atoms with Crippen molar-refractivity contribution in [2.45, 2.75) is 336 Å². The number of nitrogens with one attached hydrogen (secondary N) is 1. The van der Waals surface area contributed by atoms with Crippen molar-refractivity contribution in [3.8, 4) is 0 Å². The summed E-state index contributed by atoms with van der Waals surface area (Å²) >= 11 is 0. The molecule has 3 saturated heterocycles. The summed E-state index contributed by atoms with van der Waals surface area (Å²) in [5.41, 5.74) is 0. The maximum Gasteiger partial charge on any atom is 0.220 e. The molecule has 12 N–H and O–H groups in total. The predicted molar refractivity (Wildman–Crippen MR) is 383 cm³/mol. The molecule has 3 fully saturated rings. The Kier molecular flexibility index (Phi) is 52.1. The Labute approximate surface area is 582 Å². The summed E-state index contributed by atoms with van der Waals surface area (Å²) in [5.74, 6) is -0.291. The molecule has 3 aliphatic heterocycles. The lowest BCUT2D eigenvalue weighted by Gasteiger charge is -2.48. The van der Waals surface area contributed by atoms with Crippen molar-refractivity contribution >= 4 is 5.91 Å². The van der Waals surface area contributed by atoms with Crippen LogP contribution in [0.25, 0.3) is 0 Å². The molecular weight excluding hydrogens is 1240 g/mol. The van der Waals surface area contributed by atoms with Crippen molar-refractivity contribution < 1.29 is 89.4 Å². The van der Waals surface area contributed by atoms with Crippen molar-refractivity contribution in [1.29, 1.82) is 0 Å². The molecule has 3 heterocycles. The monoisotopic (exact) mass is 1370 g/mol. The Morgan fingerprint density at radius 3 is 1.15 bits per heavy atom. The number of hydrogen-bond acceptors (Lipinski definition) is 18. The van der Waals surface area contributed by atoms with Crippen molar-refractivity contribution in [1.82, 2.24) is 5.32 Å². The largest absolute Gasteiger partial charge is 0.394 e. The van der Waals surface area contributed by atoms with Gasteiger partial charge in [0.15, 0.2) is 18.9 Å². The zero-order valence-corrected chi connectivity index (χ0v) is 59.0. The summed E-state index contributed by atoms with van der Waals surface area (Å²) in [5, 5.41) is 120. The van der Waals surface area contributed by atoms with Gasteiger partial charge in [-0.3, -0.25) is 4.79 Å². The Hall–Kier alpha value is -3.81. The first-order valence-corrected chi connectivity index (χ1v) is 37.3. The standard InChI is InChI=1S/C78H131NO18/c1-3-5-7-9-11-13-15-16-17-18-19-20-21-22-23-24-25-26-27-28-29-30-31-32-33-34-35-36-37-38-39-40-41-42-43-44-46-48-50-52-54-56-66(84)79-61(62(83)55-53-51-49-47-45-14-12-10-8-6-4-2)60-92-76-72(90)69(87)74(64(58-81)94-76)97-78-73(91)70(88)75(65(59-82)95-78)96-77-71(89)68(86)67(85)63(57-80)93-77/h5,7,11,13,16-17,19-20,22-23,25-26,28-29,31-32,45,47,53,55,61-65,67-78,80-83,85-91H,3-4,6,8-10,12,14-15,18,21,24,27,30,33-44,46,48-52,54,56-60H2,1-2H3,(H,79,84)/b7-5-,13-11-,17-16-,20-19-,23-22-,26-25-,29-28-,32-31-,47-45+,55-53+. The normalized spacial score (nSPS) is 27.6. The molecule has 556 valence electrons. The SMILES string of the molecule is CC/C=C\C/C=C\C/C=C\C/C=C\C/C=C\C/C=C\C/C=C\C/C=C\CCCCCCCCCCCCCCCCCCC(=O)NC(COC1OC(CO)C(OC2OC(CO)C(OC3OC(CO)C(O)C(O)C3O)C(O)C2O)C(O)C1O)C(O)/C=C/CC/C=C/CCCCCCC. The Bertz CT molecular complexity index is 2230. The van der Waals surface area contributed by atoms with E-state index >= 15 is 0 Å². The molecule has 0 aromatic rings. The highest BCUT2D eigenvalue weighted by atomic mass is 16.8. The molecule has 0 saturated carbocycles. The second-order valence-corrected chi connectivity index (χ2v) is 26.0. The van der Waals surface area contributed by atoms with Gasteiger partial charge < -0.3 is 89.9 Å². The van der Waals surface area contributed by atoms with Crippen LogP contribution >= 0.6 is 0 Å². The first kappa shape index (κ1) is 87.4. The van der Waals surface area contributed by atoms with Crippen LogP contribution in [0.3, 0.4) is 0 Å². The average Bonchev–Trinajstić information content (AvgIpc) is 0.790. The molecule has 0 aromatic carbocycles. The zero-order valence-electron chi connectivity index (χ0n) is 59.0. The van der Waals surface area contributed by atoms with Crippen molar-refractivity contribution in [3.05, 3.63) is 122 Å². The molecule has 0 bridgehead atoms. The number of carbonyl (C=O) groups excluding carboxylic acids is 1. The van der Waals surface area contributed by atoms with Gasteiger partial charge in [-0.2, -0.15) is 0 Å². The molecule has 17 atom stereocenters. The highest BCUT2D eigenvalue weighted by molar-refractivity contribution is 5.76. The molecular formula is C78H131NO18. The Balaban J connectivity index is 1.29. The quantitative estimate of drug-likeness (QED) is 0.0199. The van der Waals surface area contributed by atoms with Crippen LogP contribution in [-0.2, 0) is 33.2 Å². The minimum atomic E-state index is -1.98. The average molecular weight is 1370 g/mol. The van der Waals surface area contributed by atoms with Crippen LogP contribution in [0.4, 0.5) is 0 Å². The molecule has 19 nitrogen and oxygen atoms in total. The number of carbonyl (C=O) groups is 1. The third-order valence-corrected chi connectivity index (χ3v) is 17.7. The predicted octanol–water partition coefficient (Wildman–Crippen LogP) is 11.2.